The molecule has 3 aliphatic heterocycles. The fourth-order valence-electron chi connectivity index (χ4n) is 4.04. The highest BCUT2D eigenvalue weighted by molar-refractivity contribution is 6.05. The van der Waals surface area contributed by atoms with E-state index in [-0.39, 0.29) is 29.8 Å². The van der Waals surface area contributed by atoms with Crippen molar-refractivity contribution in [1.82, 2.24) is 9.80 Å². The van der Waals surface area contributed by atoms with E-state index in [2.05, 4.69) is 17.0 Å². The highest BCUT2D eigenvalue weighted by atomic mass is 16.5. The smallest absolute Gasteiger partial charge is 0.234 e. The molecular weight excluding hydrogens is 292 g/mol. The van der Waals surface area contributed by atoms with Gasteiger partial charge in [0.25, 0.3) is 0 Å². The fraction of sp³-hybridized carbons (Fsp3) is 0.556. The minimum atomic E-state index is -0.160. The van der Waals surface area contributed by atoms with Gasteiger partial charge in [-0.25, -0.2) is 0 Å². The van der Waals surface area contributed by atoms with Crippen molar-refractivity contribution < 1.29 is 14.3 Å². The first-order chi connectivity index (χ1) is 11.2. The molecule has 0 aromatic heterocycles. The Balaban J connectivity index is 1.40. The number of fused-ring (bicyclic) bond motifs is 1. The lowest BCUT2D eigenvalue weighted by atomic mass is 10.00. The molecule has 0 N–H and O–H groups in total. The second-order valence-electron chi connectivity index (χ2n) is 6.81. The first-order valence-electron chi connectivity index (χ1n) is 8.45. The Labute approximate surface area is 136 Å². The predicted octanol–water partition coefficient (Wildman–Crippen LogP) is 1.28. The van der Waals surface area contributed by atoms with Gasteiger partial charge in [0.1, 0.15) is 0 Å². The second-order valence-corrected chi connectivity index (χ2v) is 6.81. The first-order valence-corrected chi connectivity index (χ1v) is 8.45. The number of rotatable bonds is 4. The van der Waals surface area contributed by atoms with Gasteiger partial charge in [-0.3, -0.25) is 19.4 Å². The standard InChI is InChI=1S/C18H22N2O3/c21-17-15-11-19(9-13-5-2-1-3-6-13)12-16(15)18(22)20(17)10-14-7-4-8-23-14/h1-3,5-6,14-16H,4,7-12H2. The van der Waals surface area contributed by atoms with E-state index in [0.29, 0.717) is 19.6 Å². The van der Waals surface area contributed by atoms with Crippen LogP contribution in [0.5, 0.6) is 0 Å². The summed E-state index contributed by atoms with van der Waals surface area (Å²) in [5, 5.41) is 0. The van der Waals surface area contributed by atoms with Gasteiger partial charge in [-0.1, -0.05) is 30.3 Å². The minimum absolute atomic E-state index is 0.00561. The zero-order valence-corrected chi connectivity index (χ0v) is 13.2. The molecule has 4 rings (SSSR count). The number of amides is 2. The number of hydrogen-bond acceptors (Lipinski definition) is 4. The topological polar surface area (TPSA) is 49.9 Å². The summed E-state index contributed by atoms with van der Waals surface area (Å²) in [4.78, 5) is 28.9. The third-order valence-corrected chi connectivity index (χ3v) is 5.22. The zero-order chi connectivity index (χ0) is 15.8. The lowest BCUT2D eigenvalue weighted by molar-refractivity contribution is -0.142. The number of nitrogens with zero attached hydrogens (tertiary/aromatic N) is 2. The molecule has 2 amide bonds. The molecule has 122 valence electrons. The Morgan fingerprint density at radius 3 is 2.35 bits per heavy atom. The maximum absolute atomic E-state index is 12.6. The van der Waals surface area contributed by atoms with Gasteiger partial charge in [0, 0.05) is 26.2 Å². The van der Waals surface area contributed by atoms with Gasteiger partial charge in [0.15, 0.2) is 0 Å². The maximum Gasteiger partial charge on any atom is 0.234 e. The predicted molar refractivity (Wildman–Crippen MR) is 84.4 cm³/mol. The largest absolute Gasteiger partial charge is 0.376 e. The maximum atomic E-state index is 12.6. The van der Waals surface area contributed by atoms with E-state index >= 15 is 0 Å². The highest BCUT2D eigenvalue weighted by Crippen LogP contribution is 2.34. The van der Waals surface area contributed by atoms with Crippen molar-refractivity contribution in [2.45, 2.75) is 25.5 Å². The number of benzene rings is 1. The number of ether oxygens (including phenoxy) is 1. The number of imide groups is 1. The molecule has 0 spiro atoms. The first kappa shape index (κ1) is 14.8. The van der Waals surface area contributed by atoms with Crippen LogP contribution in [0.3, 0.4) is 0 Å². The molecule has 1 aromatic carbocycles. The van der Waals surface area contributed by atoms with Crippen LogP contribution < -0.4 is 0 Å². The van der Waals surface area contributed by atoms with Crippen molar-refractivity contribution in [1.29, 1.82) is 0 Å². The van der Waals surface area contributed by atoms with Crippen molar-refractivity contribution in [3.8, 4) is 0 Å². The third-order valence-electron chi connectivity index (χ3n) is 5.22. The minimum Gasteiger partial charge on any atom is -0.376 e. The molecule has 5 nitrogen and oxygen atoms in total. The van der Waals surface area contributed by atoms with Crippen LogP contribution in [0.1, 0.15) is 18.4 Å². The Kier molecular flexibility index (Phi) is 3.91. The summed E-state index contributed by atoms with van der Waals surface area (Å²) >= 11 is 0. The van der Waals surface area contributed by atoms with Crippen LogP contribution in [0.25, 0.3) is 0 Å². The second kappa shape index (κ2) is 6.06. The van der Waals surface area contributed by atoms with Crippen molar-refractivity contribution in [2.24, 2.45) is 11.8 Å². The van der Waals surface area contributed by atoms with E-state index in [9.17, 15) is 9.59 Å². The van der Waals surface area contributed by atoms with Crippen LogP contribution in [0.15, 0.2) is 30.3 Å². The van der Waals surface area contributed by atoms with Gasteiger partial charge in [0.2, 0.25) is 11.8 Å². The van der Waals surface area contributed by atoms with E-state index in [1.807, 2.05) is 18.2 Å². The van der Waals surface area contributed by atoms with Crippen LogP contribution in [-0.4, -0.2) is 54.0 Å². The molecule has 3 saturated heterocycles. The lowest BCUT2D eigenvalue weighted by Gasteiger charge is -2.22. The van der Waals surface area contributed by atoms with Crippen molar-refractivity contribution in [2.75, 3.05) is 26.2 Å². The zero-order valence-electron chi connectivity index (χ0n) is 13.2. The number of carbonyl (C=O) groups is 2. The number of carbonyl (C=O) groups excluding carboxylic acids is 2. The summed E-state index contributed by atoms with van der Waals surface area (Å²) in [7, 11) is 0. The number of hydrogen-bond donors (Lipinski definition) is 0. The SMILES string of the molecule is O=C1C2CN(Cc3ccccc3)CC2C(=O)N1CC1CCCO1. The highest BCUT2D eigenvalue weighted by Gasteiger charge is 2.52. The molecule has 3 heterocycles. The average Bonchev–Trinajstić information content (AvgIpc) is 3.25. The van der Waals surface area contributed by atoms with Gasteiger partial charge in [0.05, 0.1) is 24.5 Å². The average molecular weight is 314 g/mol. The molecule has 3 aliphatic rings. The molecule has 3 unspecified atom stereocenters. The van der Waals surface area contributed by atoms with Crippen molar-refractivity contribution >= 4 is 11.8 Å². The van der Waals surface area contributed by atoms with Crippen molar-refractivity contribution in [3.05, 3.63) is 35.9 Å². The molecule has 0 bridgehead atoms. The molecule has 5 heteroatoms. The van der Waals surface area contributed by atoms with E-state index < -0.39 is 0 Å². The van der Waals surface area contributed by atoms with Crippen molar-refractivity contribution in [3.63, 3.8) is 0 Å². The third kappa shape index (κ3) is 2.79. The van der Waals surface area contributed by atoms with Crippen LogP contribution in [-0.2, 0) is 20.9 Å². The fourth-order valence-corrected chi connectivity index (χ4v) is 4.04. The molecule has 0 saturated carbocycles. The Bertz CT molecular complexity index is 574. The Morgan fingerprint density at radius 2 is 1.74 bits per heavy atom. The van der Waals surface area contributed by atoms with Gasteiger partial charge >= 0.3 is 0 Å². The normalized spacial score (nSPS) is 31.1. The summed E-state index contributed by atoms with van der Waals surface area (Å²) in [5.41, 5.74) is 1.23. The number of likely N-dealkylation sites (tertiary alicyclic amines) is 2. The molecule has 0 radical (unpaired) electrons. The summed E-state index contributed by atoms with van der Waals surface area (Å²) in [6.45, 7) is 3.38. The molecule has 3 atom stereocenters. The van der Waals surface area contributed by atoms with Gasteiger partial charge < -0.3 is 4.74 Å². The molecule has 23 heavy (non-hydrogen) atoms. The molecular formula is C18H22N2O3. The van der Waals surface area contributed by atoms with E-state index in [4.69, 9.17) is 4.74 Å². The summed E-state index contributed by atoms with van der Waals surface area (Å²) in [5.74, 6) is -0.308. The van der Waals surface area contributed by atoms with Crippen LogP contribution >= 0.6 is 0 Å². The van der Waals surface area contributed by atoms with Gasteiger partial charge in [-0.05, 0) is 18.4 Å². The van der Waals surface area contributed by atoms with Crippen LogP contribution in [0.2, 0.25) is 0 Å². The summed E-state index contributed by atoms with van der Waals surface area (Å²) < 4.78 is 5.58. The van der Waals surface area contributed by atoms with E-state index in [0.717, 1.165) is 26.0 Å². The summed E-state index contributed by atoms with van der Waals surface area (Å²) in [6, 6.07) is 10.2. The lowest BCUT2D eigenvalue weighted by Crippen LogP contribution is -2.40. The molecule has 3 fully saturated rings. The molecule has 1 aromatic rings. The summed E-state index contributed by atoms with van der Waals surface area (Å²) in [6.07, 6.45) is 2.02. The Morgan fingerprint density at radius 1 is 1.04 bits per heavy atom. The van der Waals surface area contributed by atoms with E-state index in [1.165, 1.54) is 10.5 Å². The van der Waals surface area contributed by atoms with Crippen LogP contribution in [0.4, 0.5) is 0 Å². The Hall–Kier alpha value is -1.72. The van der Waals surface area contributed by atoms with Gasteiger partial charge in [-0.15, -0.1) is 0 Å². The van der Waals surface area contributed by atoms with E-state index in [1.54, 1.807) is 0 Å². The van der Waals surface area contributed by atoms with Gasteiger partial charge in [-0.2, -0.15) is 0 Å². The van der Waals surface area contributed by atoms with Crippen LogP contribution in [0, 0.1) is 11.8 Å². The monoisotopic (exact) mass is 314 g/mol. The quantitative estimate of drug-likeness (QED) is 0.786. The molecule has 0 aliphatic carbocycles.